The minimum absolute atomic E-state index is 0.00792. The van der Waals surface area contributed by atoms with E-state index < -0.39 is 29.6 Å². The monoisotopic (exact) mass is 565 g/mol. The van der Waals surface area contributed by atoms with Crippen LogP contribution in [0.15, 0.2) is 41.3 Å². The number of anilines is 1. The number of carbonyl (C=O) groups excluding carboxylic acids is 3. The minimum atomic E-state index is -1.11. The van der Waals surface area contributed by atoms with Gasteiger partial charge in [-0.25, -0.2) is 0 Å². The molecule has 3 amide bonds. The Morgan fingerprint density at radius 2 is 1.80 bits per heavy atom. The Morgan fingerprint density at radius 1 is 1.02 bits per heavy atom. The van der Waals surface area contributed by atoms with Gasteiger partial charge in [0.1, 0.15) is 11.6 Å². The van der Waals surface area contributed by atoms with E-state index >= 15 is 0 Å². The molecule has 2 saturated carbocycles. The first-order chi connectivity index (χ1) is 19.3. The first-order valence-electron chi connectivity index (χ1n) is 15.3. The first-order valence-corrected chi connectivity index (χ1v) is 16.5. The fourth-order valence-electron chi connectivity index (χ4n) is 8.11. The van der Waals surface area contributed by atoms with Gasteiger partial charge in [0.15, 0.2) is 0 Å². The van der Waals surface area contributed by atoms with E-state index in [1.54, 1.807) is 11.8 Å². The maximum absolute atomic E-state index is 14.4. The number of nitrogens with zero attached hydrogens (tertiary/aromatic N) is 1. The summed E-state index contributed by atoms with van der Waals surface area (Å²) in [5, 5.41) is 6.44. The van der Waals surface area contributed by atoms with Gasteiger partial charge >= 0.3 is 0 Å². The van der Waals surface area contributed by atoms with Gasteiger partial charge in [-0.05, 0) is 55.6 Å². The van der Waals surface area contributed by atoms with Crippen molar-refractivity contribution in [1.29, 1.82) is 0 Å². The molecule has 2 N–H and O–H groups in total. The number of ether oxygens (including phenoxy) is 1. The van der Waals surface area contributed by atoms with Gasteiger partial charge in [0.25, 0.3) is 0 Å². The molecule has 8 heteroatoms. The summed E-state index contributed by atoms with van der Waals surface area (Å²) in [4.78, 5) is 45.4. The van der Waals surface area contributed by atoms with Gasteiger partial charge < -0.3 is 20.3 Å². The van der Waals surface area contributed by atoms with Crippen molar-refractivity contribution in [3.8, 4) is 0 Å². The summed E-state index contributed by atoms with van der Waals surface area (Å²) >= 11 is 1.61. The predicted molar refractivity (Wildman–Crippen MR) is 157 cm³/mol. The third kappa shape index (κ3) is 4.69. The summed E-state index contributed by atoms with van der Waals surface area (Å²) in [6, 6.07) is 7.06. The van der Waals surface area contributed by atoms with Gasteiger partial charge in [-0.1, -0.05) is 70.6 Å². The molecule has 0 aromatic heterocycles. The molecule has 216 valence electrons. The van der Waals surface area contributed by atoms with Crippen molar-refractivity contribution in [2.45, 2.75) is 106 Å². The van der Waals surface area contributed by atoms with Crippen molar-refractivity contribution >= 4 is 35.2 Å². The Balaban J connectivity index is 1.32. The molecular weight excluding hydrogens is 522 g/mol. The van der Waals surface area contributed by atoms with Crippen molar-refractivity contribution in [3.05, 3.63) is 36.4 Å². The molecule has 7 nitrogen and oxygen atoms in total. The second-order valence-electron chi connectivity index (χ2n) is 12.7. The molecule has 0 radical (unpaired) electrons. The van der Waals surface area contributed by atoms with Gasteiger partial charge in [-0.15, -0.1) is 11.8 Å². The zero-order valence-corrected chi connectivity index (χ0v) is 24.8. The van der Waals surface area contributed by atoms with Gasteiger partial charge in [0.05, 0.1) is 17.9 Å². The second kappa shape index (κ2) is 11.2. The summed E-state index contributed by atoms with van der Waals surface area (Å²) in [5.41, 5.74) is -0.399. The molecule has 4 fully saturated rings. The van der Waals surface area contributed by atoms with Gasteiger partial charge in [0, 0.05) is 22.7 Å². The molecule has 2 bridgehead atoms. The lowest BCUT2D eigenvalue weighted by Gasteiger charge is -2.40. The van der Waals surface area contributed by atoms with Crippen LogP contribution in [0.3, 0.4) is 0 Å². The average Bonchev–Trinajstić information content (AvgIpc) is 3.50. The van der Waals surface area contributed by atoms with Crippen molar-refractivity contribution in [2.75, 3.05) is 11.6 Å². The summed E-state index contributed by atoms with van der Waals surface area (Å²) in [6.45, 7) is 4.49. The highest BCUT2D eigenvalue weighted by Gasteiger charge is 2.73. The quantitative estimate of drug-likeness (QED) is 0.283. The fourth-order valence-corrected chi connectivity index (χ4v) is 8.57. The smallest absolute Gasteiger partial charge is 0.246 e. The van der Waals surface area contributed by atoms with E-state index in [1.165, 1.54) is 6.42 Å². The van der Waals surface area contributed by atoms with Crippen LogP contribution in [0.2, 0.25) is 0 Å². The van der Waals surface area contributed by atoms with E-state index in [2.05, 4.69) is 24.5 Å². The molecule has 3 aliphatic heterocycles. The Labute approximate surface area is 242 Å². The van der Waals surface area contributed by atoms with E-state index in [0.29, 0.717) is 17.5 Å². The number of likely N-dealkylation sites (tertiary alicyclic amines) is 1. The van der Waals surface area contributed by atoms with Crippen LogP contribution in [-0.4, -0.2) is 58.7 Å². The number of rotatable bonds is 6. The Bertz CT molecular complexity index is 1180. The van der Waals surface area contributed by atoms with Crippen LogP contribution in [0.5, 0.6) is 0 Å². The summed E-state index contributed by atoms with van der Waals surface area (Å²) in [6.07, 6.45) is 14.7. The molecule has 2 saturated heterocycles. The number of hydrogen-bond donors (Lipinski definition) is 2. The molecule has 8 atom stereocenters. The molecule has 0 unspecified atom stereocenters. The average molecular weight is 566 g/mol. The molecule has 5 aliphatic rings. The van der Waals surface area contributed by atoms with E-state index in [9.17, 15) is 14.4 Å². The summed E-state index contributed by atoms with van der Waals surface area (Å²) in [7, 11) is 0. The van der Waals surface area contributed by atoms with Crippen LogP contribution in [-0.2, 0) is 19.1 Å². The molecule has 40 heavy (non-hydrogen) atoms. The highest BCUT2D eigenvalue weighted by Crippen LogP contribution is 2.56. The lowest BCUT2D eigenvalue weighted by Crippen LogP contribution is -2.59. The maximum atomic E-state index is 14.4. The Hall–Kier alpha value is -2.32. The van der Waals surface area contributed by atoms with Crippen LogP contribution < -0.4 is 10.6 Å². The van der Waals surface area contributed by atoms with Crippen LogP contribution in [0.1, 0.15) is 71.6 Å². The van der Waals surface area contributed by atoms with E-state index in [0.717, 1.165) is 56.3 Å². The Morgan fingerprint density at radius 3 is 2.55 bits per heavy atom. The van der Waals surface area contributed by atoms with Crippen LogP contribution in [0.25, 0.3) is 0 Å². The van der Waals surface area contributed by atoms with Crippen molar-refractivity contribution in [1.82, 2.24) is 10.2 Å². The SMILES string of the molecule is CSc1cccc(NC(=O)[C@H]2[C@H]3C=C[C@@]4(O3)[C@H]2C(=O)N(C2CCCCCC2)[C@@H]4C(=O)N[C@@H]2CCC[C@H](C)[C@@H]2C)c1. The lowest BCUT2D eigenvalue weighted by atomic mass is 9.73. The standard InChI is InChI=1S/C32H43N3O4S/c1-19-10-8-15-24(20(19)2)34-30(37)28-32-17-16-25(39-32)26(29(36)33-21-11-9-14-23(18-21)40-3)27(32)31(38)35(28)22-12-6-4-5-7-13-22/h9,11,14,16-20,22,24-28H,4-8,10,12-13,15H2,1-3H3,(H,33,36)(H,34,37)/t19-,20-,24+,25+,26-,27+,28+,32+/m0/s1. The van der Waals surface area contributed by atoms with E-state index in [1.807, 2.05) is 47.6 Å². The maximum Gasteiger partial charge on any atom is 0.246 e. The number of carbonyl (C=O) groups is 3. The predicted octanol–water partition coefficient (Wildman–Crippen LogP) is 5.16. The molecule has 3 heterocycles. The zero-order chi connectivity index (χ0) is 28.0. The molecule has 1 aromatic carbocycles. The number of benzene rings is 1. The number of thioether (sulfide) groups is 1. The van der Waals surface area contributed by atoms with Gasteiger partial charge in [-0.3, -0.25) is 14.4 Å². The van der Waals surface area contributed by atoms with Crippen LogP contribution in [0.4, 0.5) is 5.69 Å². The molecule has 1 spiro atoms. The van der Waals surface area contributed by atoms with Crippen molar-refractivity contribution < 1.29 is 19.1 Å². The van der Waals surface area contributed by atoms with E-state index in [4.69, 9.17) is 4.74 Å². The highest BCUT2D eigenvalue weighted by molar-refractivity contribution is 7.98. The molecular formula is C32H43N3O4S. The first kappa shape index (κ1) is 27.8. The largest absolute Gasteiger partial charge is 0.359 e. The fraction of sp³-hybridized carbons (Fsp3) is 0.656. The Kier molecular flexibility index (Phi) is 7.77. The third-order valence-corrected chi connectivity index (χ3v) is 11.2. The summed E-state index contributed by atoms with van der Waals surface area (Å²) in [5.74, 6) is -0.884. The topological polar surface area (TPSA) is 87.7 Å². The minimum Gasteiger partial charge on any atom is -0.359 e. The van der Waals surface area contributed by atoms with Gasteiger partial charge in [-0.2, -0.15) is 0 Å². The van der Waals surface area contributed by atoms with E-state index in [-0.39, 0.29) is 29.8 Å². The number of hydrogen-bond acceptors (Lipinski definition) is 5. The molecule has 2 aliphatic carbocycles. The zero-order valence-electron chi connectivity index (χ0n) is 23.9. The van der Waals surface area contributed by atoms with Crippen molar-refractivity contribution in [2.24, 2.45) is 23.7 Å². The summed E-state index contributed by atoms with van der Waals surface area (Å²) < 4.78 is 6.59. The second-order valence-corrected chi connectivity index (χ2v) is 13.6. The van der Waals surface area contributed by atoms with Crippen LogP contribution in [0, 0.1) is 23.7 Å². The van der Waals surface area contributed by atoms with Crippen LogP contribution >= 0.6 is 11.8 Å². The normalized spacial score (nSPS) is 37.3. The number of fused-ring (bicyclic) bond motifs is 1. The number of amides is 3. The van der Waals surface area contributed by atoms with Gasteiger partial charge in [0.2, 0.25) is 17.7 Å². The van der Waals surface area contributed by atoms with Crippen molar-refractivity contribution in [3.63, 3.8) is 0 Å². The highest BCUT2D eigenvalue weighted by atomic mass is 32.2. The number of nitrogens with one attached hydrogen (secondary N) is 2. The third-order valence-electron chi connectivity index (χ3n) is 10.5. The molecule has 6 rings (SSSR count). The molecule has 1 aromatic rings. The lowest BCUT2D eigenvalue weighted by molar-refractivity contribution is -0.144.